The maximum Gasteiger partial charge on any atom is 0.290 e. The van der Waals surface area contributed by atoms with Gasteiger partial charge in [-0.1, -0.05) is 18.2 Å². The number of benzene rings is 2. The number of ether oxygens (including phenoxy) is 2. The molecule has 1 saturated heterocycles. The minimum atomic E-state index is -0.459. The summed E-state index contributed by atoms with van der Waals surface area (Å²) in [5, 5.41) is 12.7. The Kier molecular flexibility index (Phi) is 5.95. The maximum absolute atomic E-state index is 11.7. The third kappa shape index (κ3) is 4.68. The number of nitrogens with zero attached hydrogens (tertiary/aromatic N) is 1. The first-order valence-electron chi connectivity index (χ1n) is 8.34. The molecule has 0 radical (unpaired) electrons. The van der Waals surface area contributed by atoms with Gasteiger partial charge in [0, 0.05) is 12.1 Å². The van der Waals surface area contributed by atoms with Gasteiger partial charge >= 0.3 is 0 Å². The lowest BCUT2D eigenvalue weighted by Crippen LogP contribution is -2.17. The molecule has 1 aliphatic rings. The van der Waals surface area contributed by atoms with E-state index in [-0.39, 0.29) is 12.3 Å². The third-order valence-corrected chi connectivity index (χ3v) is 4.53. The van der Waals surface area contributed by atoms with Crippen molar-refractivity contribution in [2.45, 2.75) is 13.5 Å². The molecular formula is C19H16N2O6S. The maximum atomic E-state index is 11.7. The number of nitrogens with one attached hydrogen (secondary N) is 1. The number of rotatable bonds is 7. The van der Waals surface area contributed by atoms with Crippen LogP contribution in [0, 0.1) is 10.1 Å². The van der Waals surface area contributed by atoms with E-state index in [0.717, 1.165) is 11.8 Å². The van der Waals surface area contributed by atoms with Crippen molar-refractivity contribution in [3.8, 4) is 11.5 Å². The summed E-state index contributed by atoms with van der Waals surface area (Å²) in [5.41, 5.74) is 1.33. The summed E-state index contributed by atoms with van der Waals surface area (Å²) in [4.78, 5) is 33.7. The number of imide groups is 1. The lowest BCUT2D eigenvalue weighted by atomic mass is 10.1. The average molecular weight is 400 g/mol. The highest BCUT2D eigenvalue weighted by Crippen LogP contribution is 2.32. The largest absolute Gasteiger partial charge is 0.490 e. The standard InChI is InChI=1S/C19H16N2O6S/c1-2-26-16-9-12(10-17-18(22)20-19(23)28-17)6-7-15(16)27-11-13-4-3-5-14(8-13)21(24)25/h3-10H,2,11H2,1H3,(H,20,22,23)/b17-10-. The molecule has 2 aromatic rings. The Morgan fingerprint density at radius 1 is 1.14 bits per heavy atom. The van der Waals surface area contributed by atoms with Gasteiger partial charge in [0.1, 0.15) is 6.61 Å². The van der Waals surface area contributed by atoms with Crippen LogP contribution in [0.5, 0.6) is 11.5 Å². The number of carbonyl (C=O) groups excluding carboxylic acids is 2. The first kappa shape index (κ1) is 19.4. The van der Waals surface area contributed by atoms with E-state index in [4.69, 9.17) is 9.47 Å². The van der Waals surface area contributed by atoms with Crippen molar-refractivity contribution in [3.63, 3.8) is 0 Å². The summed E-state index contributed by atoms with van der Waals surface area (Å²) in [5.74, 6) is 0.506. The molecular weight excluding hydrogens is 384 g/mol. The van der Waals surface area contributed by atoms with Crippen LogP contribution < -0.4 is 14.8 Å². The first-order valence-corrected chi connectivity index (χ1v) is 9.15. The Balaban J connectivity index is 1.79. The van der Waals surface area contributed by atoms with Crippen molar-refractivity contribution in [3.05, 3.63) is 68.6 Å². The van der Waals surface area contributed by atoms with Crippen LogP contribution in [-0.2, 0) is 11.4 Å². The lowest BCUT2D eigenvalue weighted by Gasteiger charge is -2.13. The van der Waals surface area contributed by atoms with Gasteiger partial charge in [-0.2, -0.15) is 0 Å². The number of hydrogen-bond acceptors (Lipinski definition) is 7. The fourth-order valence-electron chi connectivity index (χ4n) is 2.50. The predicted molar refractivity (Wildman–Crippen MR) is 104 cm³/mol. The Bertz CT molecular complexity index is 973. The number of hydrogen-bond donors (Lipinski definition) is 1. The van der Waals surface area contributed by atoms with Crippen molar-refractivity contribution in [1.82, 2.24) is 5.32 Å². The molecule has 1 N–H and O–H groups in total. The molecule has 144 valence electrons. The van der Waals surface area contributed by atoms with Crippen molar-refractivity contribution in [1.29, 1.82) is 0 Å². The fraction of sp³-hybridized carbons (Fsp3) is 0.158. The van der Waals surface area contributed by atoms with Gasteiger partial charge in [0.2, 0.25) is 0 Å². The zero-order chi connectivity index (χ0) is 20.1. The summed E-state index contributed by atoms with van der Waals surface area (Å²) in [6.45, 7) is 2.37. The molecule has 28 heavy (non-hydrogen) atoms. The van der Waals surface area contributed by atoms with Gasteiger partial charge in [0.25, 0.3) is 16.8 Å². The summed E-state index contributed by atoms with van der Waals surface area (Å²) in [7, 11) is 0. The molecule has 0 atom stereocenters. The van der Waals surface area contributed by atoms with Crippen LogP contribution in [0.25, 0.3) is 6.08 Å². The molecule has 2 aromatic carbocycles. The molecule has 3 rings (SSSR count). The van der Waals surface area contributed by atoms with E-state index < -0.39 is 16.1 Å². The normalized spacial score (nSPS) is 14.8. The monoisotopic (exact) mass is 400 g/mol. The quantitative estimate of drug-likeness (QED) is 0.427. The number of thioether (sulfide) groups is 1. The topological polar surface area (TPSA) is 108 Å². The van der Waals surface area contributed by atoms with Crippen LogP contribution in [0.4, 0.5) is 10.5 Å². The first-order chi connectivity index (χ1) is 13.5. The Morgan fingerprint density at radius 3 is 2.64 bits per heavy atom. The van der Waals surface area contributed by atoms with Crippen LogP contribution in [0.3, 0.4) is 0 Å². The van der Waals surface area contributed by atoms with Crippen LogP contribution >= 0.6 is 11.8 Å². The molecule has 1 heterocycles. The Labute approximate surface area is 164 Å². The SMILES string of the molecule is CCOc1cc(/C=C2\SC(=O)NC2=O)ccc1OCc1cccc([N+](=O)[O-])c1. The molecule has 1 fully saturated rings. The van der Waals surface area contributed by atoms with Gasteiger partial charge in [-0.3, -0.25) is 25.0 Å². The van der Waals surface area contributed by atoms with Crippen molar-refractivity contribution in [2.75, 3.05) is 6.61 Å². The third-order valence-electron chi connectivity index (χ3n) is 3.72. The molecule has 8 nitrogen and oxygen atoms in total. The van der Waals surface area contributed by atoms with E-state index in [1.807, 2.05) is 6.92 Å². The fourth-order valence-corrected chi connectivity index (χ4v) is 3.18. The molecule has 0 spiro atoms. The van der Waals surface area contributed by atoms with E-state index in [9.17, 15) is 19.7 Å². The van der Waals surface area contributed by atoms with Crippen molar-refractivity contribution >= 4 is 34.7 Å². The van der Waals surface area contributed by atoms with Gasteiger partial charge < -0.3 is 9.47 Å². The number of non-ortho nitro benzene ring substituents is 1. The second-order valence-corrected chi connectivity index (χ2v) is 6.72. The highest BCUT2D eigenvalue weighted by molar-refractivity contribution is 8.18. The van der Waals surface area contributed by atoms with Crippen LogP contribution in [0.1, 0.15) is 18.1 Å². The van der Waals surface area contributed by atoms with Crippen molar-refractivity contribution < 1.29 is 24.0 Å². The van der Waals surface area contributed by atoms with Gasteiger partial charge in [-0.05, 0) is 48.0 Å². The van der Waals surface area contributed by atoms with E-state index >= 15 is 0 Å². The zero-order valence-electron chi connectivity index (χ0n) is 14.8. The van der Waals surface area contributed by atoms with Gasteiger partial charge in [0.05, 0.1) is 16.4 Å². The van der Waals surface area contributed by atoms with Gasteiger partial charge in [-0.15, -0.1) is 0 Å². The smallest absolute Gasteiger partial charge is 0.290 e. The molecule has 0 aromatic heterocycles. The van der Waals surface area contributed by atoms with Gasteiger partial charge in [-0.25, -0.2) is 0 Å². The molecule has 1 aliphatic heterocycles. The summed E-state index contributed by atoms with van der Waals surface area (Å²) in [6, 6.07) is 11.3. The minimum absolute atomic E-state index is 0.00464. The Hall–Kier alpha value is -3.33. The molecule has 0 aliphatic carbocycles. The number of amides is 2. The summed E-state index contributed by atoms with van der Waals surface area (Å²) >= 11 is 0.838. The van der Waals surface area contributed by atoms with E-state index in [0.29, 0.717) is 34.1 Å². The van der Waals surface area contributed by atoms with Crippen LogP contribution in [0.2, 0.25) is 0 Å². The number of nitro benzene ring substituents is 1. The minimum Gasteiger partial charge on any atom is -0.490 e. The average Bonchev–Trinajstić information content (AvgIpc) is 2.98. The van der Waals surface area contributed by atoms with Gasteiger partial charge in [0.15, 0.2) is 11.5 Å². The van der Waals surface area contributed by atoms with E-state index in [1.54, 1.807) is 36.4 Å². The molecule has 0 bridgehead atoms. The predicted octanol–water partition coefficient (Wildman–Crippen LogP) is 3.90. The van der Waals surface area contributed by atoms with Crippen LogP contribution in [0.15, 0.2) is 47.4 Å². The Morgan fingerprint density at radius 2 is 1.96 bits per heavy atom. The summed E-state index contributed by atoms with van der Waals surface area (Å²) < 4.78 is 11.4. The second-order valence-electron chi connectivity index (χ2n) is 5.71. The molecule has 9 heteroatoms. The molecule has 0 unspecified atom stereocenters. The second kappa shape index (κ2) is 8.57. The lowest BCUT2D eigenvalue weighted by molar-refractivity contribution is -0.384. The number of nitro groups is 1. The highest BCUT2D eigenvalue weighted by atomic mass is 32.2. The van der Waals surface area contributed by atoms with E-state index in [2.05, 4.69) is 5.32 Å². The molecule has 0 saturated carbocycles. The highest BCUT2D eigenvalue weighted by Gasteiger charge is 2.25. The van der Waals surface area contributed by atoms with Crippen molar-refractivity contribution in [2.24, 2.45) is 0 Å². The number of carbonyl (C=O) groups is 2. The van der Waals surface area contributed by atoms with Crippen LogP contribution in [-0.4, -0.2) is 22.7 Å². The molecule has 2 amide bonds. The van der Waals surface area contributed by atoms with E-state index in [1.165, 1.54) is 12.1 Å². The summed E-state index contributed by atoms with van der Waals surface area (Å²) in [6.07, 6.45) is 1.59. The zero-order valence-corrected chi connectivity index (χ0v) is 15.7.